The second-order valence-electron chi connectivity index (χ2n) is 4.74. The third-order valence-corrected chi connectivity index (χ3v) is 3.29. The number of hydrogen-bond acceptors (Lipinski definition) is 3. The van der Waals surface area contributed by atoms with Crippen molar-refractivity contribution in [2.75, 3.05) is 19.8 Å². The molecule has 0 radical (unpaired) electrons. The minimum Gasteiger partial charge on any atom is -0.484 e. The van der Waals surface area contributed by atoms with Crippen LogP contribution in [0.3, 0.4) is 0 Å². The van der Waals surface area contributed by atoms with Gasteiger partial charge in [0.25, 0.3) is 5.91 Å². The minimum absolute atomic E-state index is 0.0635. The van der Waals surface area contributed by atoms with Crippen molar-refractivity contribution in [2.24, 2.45) is 0 Å². The van der Waals surface area contributed by atoms with Crippen LogP contribution in [0.2, 0.25) is 0 Å². The molecule has 0 aliphatic carbocycles. The van der Waals surface area contributed by atoms with Crippen LogP contribution in [0.4, 0.5) is 0 Å². The standard InChI is InChI=1S/C15H21NO3/c1-2-12-3-5-14(6-4-12)19-11-15(17)16-13-7-9-18-10-8-13/h3-6,13H,2,7-11H2,1H3,(H,16,17). The molecule has 0 aromatic heterocycles. The fourth-order valence-electron chi connectivity index (χ4n) is 2.08. The lowest BCUT2D eigenvalue weighted by atomic mass is 10.1. The van der Waals surface area contributed by atoms with Gasteiger partial charge in [-0.3, -0.25) is 4.79 Å². The van der Waals surface area contributed by atoms with E-state index in [0.717, 1.165) is 38.2 Å². The largest absolute Gasteiger partial charge is 0.484 e. The number of carbonyl (C=O) groups is 1. The fraction of sp³-hybridized carbons (Fsp3) is 0.533. The molecule has 1 aromatic carbocycles. The topological polar surface area (TPSA) is 47.6 Å². The third kappa shape index (κ3) is 4.56. The Morgan fingerprint density at radius 2 is 2.00 bits per heavy atom. The molecule has 1 fully saturated rings. The van der Waals surface area contributed by atoms with Gasteiger partial charge < -0.3 is 14.8 Å². The van der Waals surface area contributed by atoms with Crippen molar-refractivity contribution in [1.29, 1.82) is 0 Å². The zero-order valence-corrected chi connectivity index (χ0v) is 11.4. The Bertz CT molecular complexity index is 396. The average molecular weight is 263 g/mol. The molecule has 0 saturated carbocycles. The van der Waals surface area contributed by atoms with Crippen molar-refractivity contribution >= 4 is 5.91 Å². The summed E-state index contributed by atoms with van der Waals surface area (Å²) >= 11 is 0. The van der Waals surface area contributed by atoms with Crippen LogP contribution in [0.5, 0.6) is 5.75 Å². The molecule has 1 saturated heterocycles. The van der Waals surface area contributed by atoms with E-state index >= 15 is 0 Å². The Kier molecular flexibility index (Phi) is 5.21. The summed E-state index contributed by atoms with van der Waals surface area (Å²) in [6, 6.07) is 8.07. The average Bonchev–Trinajstić information content (AvgIpc) is 2.47. The second kappa shape index (κ2) is 7.14. The quantitative estimate of drug-likeness (QED) is 0.883. The summed E-state index contributed by atoms with van der Waals surface area (Å²) in [4.78, 5) is 11.7. The van der Waals surface area contributed by atoms with Crippen LogP contribution in [0.25, 0.3) is 0 Å². The lowest BCUT2D eigenvalue weighted by molar-refractivity contribution is -0.124. The Morgan fingerprint density at radius 3 is 2.63 bits per heavy atom. The van der Waals surface area contributed by atoms with E-state index in [1.165, 1.54) is 5.56 Å². The van der Waals surface area contributed by atoms with E-state index < -0.39 is 0 Å². The summed E-state index contributed by atoms with van der Waals surface area (Å²) in [5.41, 5.74) is 1.26. The highest BCUT2D eigenvalue weighted by molar-refractivity contribution is 5.77. The molecule has 1 aliphatic heterocycles. The highest BCUT2D eigenvalue weighted by atomic mass is 16.5. The number of rotatable bonds is 5. The molecule has 1 aromatic rings. The Balaban J connectivity index is 1.72. The molecule has 0 atom stereocenters. The van der Waals surface area contributed by atoms with Gasteiger partial charge >= 0.3 is 0 Å². The Hall–Kier alpha value is -1.55. The number of nitrogens with one attached hydrogen (secondary N) is 1. The molecule has 1 aliphatic rings. The lowest BCUT2D eigenvalue weighted by Gasteiger charge is -2.23. The molecule has 4 heteroatoms. The molecule has 2 rings (SSSR count). The summed E-state index contributed by atoms with van der Waals surface area (Å²) in [5, 5.41) is 2.97. The van der Waals surface area contributed by atoms with Crippen molar-refractivity contribution in [3.63, 3.8) is 0 Å². The van der Waals surface area contributed by atoms with Crippen molar-refractivity contribution in [3.05, 3.63) is 29.8 Å². The monoisotopic (exact) mass is 263 g/mol. The van der Waals surface area contributed by atoms with E-state index in [1.807, 2.05) is 24.3 Å². The maximum atomic E-state index is 11.7. The van der Waals surface area contributed by atoms with Crippen molar-refractivity contribution < 1.29 is 14.3 Å². The molecule has 1 amide bonds. The molecule has 0 spiro atoms. The first-order valence-corrected chi connectivity index (χ1v) is 6.87. The summed E-state index contributed by atoms with van der Waals surface area (Å²) < 4.78 is 10.7. The zero-order valence-electron chi connectivity index (χ0n) is 11.4. The molecule has 1 heterocycles. The zero-order chi connectivity index (χ0) is 13.5. The van der Waals surface area contributed by atoms with Crippen LogP contribution in [0.1, 0.15) is 25.3 Å². The molecule has 0 unspecified atom stereocenters. The maximum absolute atomic E-state index is 11.7. The van der Waals surface area contributed by atoms with Gasteiger partial charge in [0, 0.05) is 19.3 Å². The third-order valence-electron chi connectivity index (χ3n) is 3.29. The van der Waals surface area contributed by atoms with Crippen LogP contribution in [0.15, 0.2) is 24.3 Å². The number of aryl methyl sites for hydroxylation is 1. The first-order chi connectivity index (χ1) is 9.28. The van der Waals surface area contributed by atoms with Gasteiger partial charge in [-0.1, -0.05) is 19.1 Å². The fourth-order valence-corrected chi connectivity index (χ4v) is 2.08. The van der Waals surface area contributed by atoms with E-state index in [4.69, 9.17) is 9.47 Å². The summed E-state index contributed by atoms with van der Waals surface area (Å²) in [7, 11) is 0. The van der Waals surface area contributed by atoms with Crippen LogP contribution < -0.4 is 10.1 Å². The molecular formula is C15H21NO3. The number of amides is 1. The van der Waals surface area contributed by atoms with Gasteiger partial charge in [0.2, 0.25) is 0 Å². The van der Waals surface area contributed by atoms with Crippen molar-refractivity contribution in [2.45, 2.75) is 32.2 Å². The summed E-state index contributed by atoms with van der Waals surface area (Å²) in [6.45, 7) is 3.63. The highest BCUT2D eigenvalue weighted by Gasteiger charge is 2.16. The number of benzene rings is 1. The molecule has 1 N–H and O–H groups in total. The van der Waals surface area contributed by atoms with Crippen LogP contribution in [-0.4, -0.2) is 31.8 Å². The van der Waals surface area contributed by atoms with E-state index in [0.29, 0.717) is 0 Å². The number of hydrogen-bond donors (Lipinski definition) is 1. The van der Waals surface area contributed by atoms with Gasteiger partial charge in [0.05, 0.1) is 0 Å². The summed E-state index contributed by atoms with van der Waals surface area (Å²) in [6.07, 6.45) is 2.78. The van der Waals surface area contributed by atoms with Gasteiger partial charge in [-0.2, -0.15) is 0 Å². The SMILES string of the molecule is CCc1ccc(OCC(=O)NC2CCOCC2)cc1. The first-order valence-electron chi connectivity index (χ1n) is 6.87. The minimum atomic E-state index is -0.0635. The number of ether oxygens (including phenoxy) is 2. The number of carbonyl (C=O) groups excluding carboxylic acids is 1. The van der Waals surface area contributed by atoms with Crippen molar-refractivity contribution in [1.82, 2.24) is 5.32 Å². The van der Waals surface area contributed by atoms with Gasteiger partial charge in [-0.15, -0.1) is 0 Å². The van der Waals surface area contributed by atoms with Crippen LogP contribution >= 0.6 is 0 Å². The van der Waals surface area contributed by atoms with Crippen LogP contribution in [-0.2, 0) is 16.0 Å². The highest BCUT2D eigenvalue weighted by Crippen LogP contribution is 2.12. The predicted octanol–water partition coefficient (Wildman–Crippen LogP) is 1.92. The molecular weight excluding hydrogens is 242 g/mol. The first kappa shape index (κ1) is 13.9. The lowest BCUT2D eigenvalue weighted by Crippen LogP contribution is -2.41. The van der Waals surface area contributed by atoms with Crippen LogP contribution in [0, 0.1) is 0 Å². The molecule has 4 nitrogen and oxygen atoms in total. The predicted molar refractivity (Wildman–Crippen MR) is 73.3 cm³/mol. The molecule has 19 heavy (non-hydrogen) atoms. The van der Waals surface area contributed by atoms with Gasteiger partial charge in [0.15, 0.2) is 6.61 Å². The van der Waals surface area contributed by atoms with E-state index in [1.54, 1.807) is 0 Å². The van der Waals surface area contributed by atoms with E-state index in [-0.39, 0.29) is 18.6 Å². The van der Waals surface area contributed by atoms with Crippen molar-refractivity contribution in [3.8, 4) is 5.75 Å². The van der Waals surface area contributed by atoms with Gasteiger partial charge in [-0.05, 0) is 37.0 Å². The van der Waals surface area contributed by atoms with E-state index in [2.05, 4.69) is 12.2 Å². The molecule has 104 valence electrons. The maximum Gasteiger partial charge on any atom is 0.258 e. The van der Waals surface area contributed by atoms with Gasteiger partial charge in [0.1, 0.15) is 5.75 Å². The molecule has 0 bridgehead atoms. The van der Waals surface area contributed by atoms with Gasteiger partial charge in [-0.25, -0.2) is 0 Å². The summed E-state index contributed by atoms with van der Waals surface area (Å²) in [5.74, 6) is 0.672. The van der Waals surface area contributed by atoms with E-state index in [9.17, 15) is 4.79 Å². The normalized spacial score (nSPS) is 16.1. The Morgan fingerprint density at radius 1 is 1.32 bits per heavy atom. The second-order valence-corrected chi connectivity index (χ2v) is 4.74. The smallest absolute Gasteiger partial charge is 0.258 e. The Labute approximate surface area is 114 Å².